The van der Waals surface area contributed by atoms with Crippen LogP contribution in [0.1, 0.15) is 11.4 Å². The molecule has 4 heterocycles. The molecule has 1 saturated heterocycles. The molecule has 2 amide bonds. The summed E-state index contributed by atoms with van der Waals surface area (Å²) >= 11 is 11.0. The average molecular weight is 644 g/mol. The van der Waals surface area contributed by atoms with Crippen molar-refractivity contribution in [2.75, 3.05) is 23.8 Å². The zero-order valence-corrected chi connectivity index (χ0v) is 24.3. The number of fused-ring (bicyclic) bond motifs is 1. The smallest absolute Gasteiger partial charge is 0.353 e. The van der Waals surface area contributed by atoms with Crippen molar-refractivity contribution in [3.05, 3.63) is 44.7 Å². The standard InChI is InChI=1S/C21H22ClN9O5S4/c22-15-11(29-21(25)40-15)12(30-36)16(32)28-13-17(33)31-14(19(34)35)10(7-38-18(13)31)39-9-2-1-3-26-8(9)6-37-5-4-27-20(23)24/h1-3,13,18,36H,4-7H2,(H2,25,29)(H,28,32)(H,34,35)(H4,23,24,27)/b30-12-. The van der Waals surface area contributed by atoms with Crippen LogP contribution in [0.4, 0.5) is 5.13 Å². The van der Waals surface area contributed by atoms with Gasteiger partial charge in [-0.15, -0.1) is 11.8 Å². The number of nitrogen functional groups attached to an aromatic ring is 1. The first-order valence-corrected chi connectivity index (χ1v) is 15.4. The number of β-lactam (4-membered cyclic amide) rings is 1. The Morgan fingerprint density at radius 3 is 2.77 bits per heavy atom. The molecule has 2 atom stereocenters. The molecule has 4 rings (SSSR count). The van der Waals surface area contributed by atoms with Crippen molar-refractivity contribution >= 4 is 92.8 Å². The molecule has 2 aromatic rings. The molecule has 0 aromatic carbocycles. The minimum Gasteiger partial charge on any atom is -0.477 e. The van der Waals surface area contributed by atoms with Gasteiger partial charge in [0.05, 0.1) is 12.2 Å². The minimum absolute atomic E-state index is 0.0225. The number of pyridine rings is 1. The number of hydrogen-bond donors (Lipinski definition) is 6. The summed E-state index contributed by atoms with van der Waals surface area (Å²) in [6, 6.07) is 2.53. The lowest BCUT2D eigenvalue weighted by Gasteiger charge is -2.49. The van der Waals surface area contributed by atoms with Crippen molar-refractivity contribution in [3.8, 4) is 0 Å². The van der Waals surface area contributed by atoms with Crippen LogP contribution in [-0.2, 0) is 20.1 Å². The zero-order valence-electron chi connectivity index (χ0n) is 20.3. The maximum absolute atomic E-state index is 13.1. The summed E-state index contributed by atoms with van der Waals surface area (Å²) in [4.78, 5) is 52.8. The number of carbonyl (C=O) groups is 3. The summed E-state index contributed by atoms with van der Waals surface area (Å²) in [7, 11) is 0. The van der Waals surface area contributed by atoms with Crippen LogP contribution in [0.5, 0.6) is 0 Å². The molecule has 40 heavy (non-hydrogen) atoms. The lowest BCUT2D eigenvalue weighted by molar-refractivity contribution is -0.150. The van der Waals surface area contributed by atoms with Crippen LogP contribution >= 0.6 is 58.2 Å². The monoisotopic (exact) mass is 643 g/mol. The lowest BCUT2D eigenvalue weighted by Crippen LogP contribution is -2.71. The topological polar surface area (TPSA) is 236 Å². The number of nitrogens with zero attached hydrogens (tertiary/aromatic N) is 5. The van der Waals surface area contributed by atoms with E-state index in [1.165, 1.54) is 23.5 Å². The molecule has 0 radical (unpaired) electrons. The highest BCUT2D eigenvalue weighted by atomic mass is 35.5. The molecule has 2 aliphatic rings. The van der Waals surface area contributed by atoms with Crippen LogP contribution in [0.2, 0.25) is 4.34 Å². The predicted octanol–water partition coefficient (Wildman–Crippen LogP) is 0.947. The third kappa shape index (κ3) is 6.41. The Bertz CT molecular complexity index is 1430. The van der Waals surface area contributed by atoms with Crippen molar-refractivity contribution in [3.63, 3.8) is 0 Å². The molecule has 2 aromatic heterocycles. The van der Waals surface area contributed by atoms with Gasteiger partial charge >= 0.3 is 5.97 Å². The molecular formula is C21H22ClN9O5S4. The van der Waals surface area contributed by atoms with Crippen molar-refractivity contribution < 1.29 is 24.7 Å². The molecule has 1 fully saturated rings. The second-order valence-corrected chi connectivity index (χ2v) is 12.9. The Morgan fingerprint density at radius 1 is 1.35 bits per heavy atom. The Kier molecular flexibility index (Phi) is 9.67. The summed E-state index contributed by atoms with van der Waals surface area (Å²) < 4.78 is 0.0359. The first kappa shape index (κ1) is 29.8. The van der Waals surface area contributed by atoms with E-state index in [0.717, 1.165) is 26.8 Å². The van der Waals surface area contributed by atoms with Crippen LogP contribution in [0.3, 0.4) is 0 Å². The van der Waals surface area contributed by atoms with Gasteiger partial charge in [0.2, 0.25) is 0 Å². The van der Waals surface area contributed by atoms with E-state index in [0.29, 0.717) is 23.0 Å². The van der Waals surface area contributed by atoms with E-state index in [9.17, 15) is 24.7 Å². The highest BCUT2D eigenvalue weighted by Crippen LogP contribution is 2.45. The van der Waals surface area contributed by atoms with Crippen molar-refractivity contribution in [2.24, 2.45) is 21.6 Å². The Morgan fingerprint density at radius 2 is 2.12 bits per heavy atom. The highest BCUT2D eigenvalue weighted by Gasteiger charge is 2.54. The SMILES string of the molecule is NC(N)=NCCSCc1ncccc1SC1=C(C(=O)O)N2C(=O)C(NC(=O)/C(=N\O)c3nc(N)sc3Cl)C2SC1. The summed E-state index contributed by atoms with van der Waals surface area (Å²) in [6.45, 7) is 0.458. The number of amides is 2. The normalized spacial score (nSPS) is 18.7. The summed E-state index contributed by atoms with van der Waals surface area (Å²) in [5, 5.41) is 24.2. The number of aromatic nitrogens is 2. The van der Waals surface area contributed by atoms with Crippen LogP contribution in [0.15, 0.2) is 44.0 Å². The number of nitrogens with one attached hydrogen (secondary N) is 1. The Balaban J connectivity index is 1.48. The van der Waals surface area contributed by atoms with Crippen molar-refractivity contribution in [2.45, 2.75) is 22.1 Å². The van der Waals surface area contributed by atoms with Gasteiger partial charge in [-0.1, -0.05) is 39.9 Å². The fourth-order valence-corrected chi connectivity index (χ4v) is 8.09. The van der Waals surface area contributed by atoms with E-state index in [-0.39, 0.29) is 32.6 Å². The molecule has 212 valence electrons. The molecule has 2 aliphatic heterocycles. The van der Waals surface area contributed by atoms with Gasteiger partial charge in [0.15, 0.2) is 16.8 Å². The Labute approximate surface area is 248 Å². The largest absolute Gasteiger partial charge is 0.477 e. The molecule has 0 spiro atoms. The quantitative estimate of drug-likeness (QED) is 0.0500. The average Bonchev–Trinajstić information content (AvgIpc) is 3.24. The van der Waals surface area contributed by atoms with Gasteiger partial charge in [0.1, 0.15) is 27.1 Å². The Hall–Kier alpha value is -3.19. The zero-order chi connectivity index (χ0) is 29.0. The number of oxime groups is 1. The number of carbonyl (C=O) groups excluding carboxylic acids is 2. The maximum atomic E-state index is 13.1. The van der Waals surface area contributed by atoms with Crippen LogP contribution < -0.4 is 22.5 Å². The van der Waals surface area contributed by atoms with Crippen LogP contribution in [0.25, 0.3) is 0 Å². The number of thioether (sulfide) groups is 3. The molecule has 19 heteroatoms. The van der Waals surface area contributed by atoms with Gasteiger partial charge in [0.25, 0.3) is 11.8 Å². The first-order valence-electron chi connectivity index (χ1n) is 11.2. The van der Waals surface area contributed by atoms with E-state index in [1.54, 1.807) is 24.0 Å². The number of aliphatic carboxylic acids is 1. The van der Waals surface area contributed by atoms with Gasteiger partial charge in [0, 0.05) is 33.3 Å². The van der Waals surface area contributed by atoms with Crippen molar-refractivity contribution in [1.29, 1.82) is 0 Å². The van der Waals surface area contributed by atoms with Crippen LogP contribution in [0, 0.1) is 0 Å². The number of nitrogens with two attached hydrogens (primary N) is 3. The summed E-state index contributed by atoms with van der Waals surface area (Å²) in [6.07, 6.45) is 1.65. The number of carboxylic acid groups (broad SMARTS) is 1. The number of rotatable bonds is 11. The fourth-order valence-electron chi connectivity index (χ4n) is 3.71. The number of aliphatic imine (C=N–C) groups is 1. The predicted molar refractivity (Wildman–Crippen MR) is 156 cm³/mol. The molecule has 2 unspecified atom stereocenters. The first-order chi connectivity index (χ1) is 19.1. The molecule has 9 N–H and O–H groups in total. The summed E-state index contributed by atoms with van der Waals surface area (Å²) in [5.41, 5.74) is 16.2. The highest BCUT2D eigenvalue weighted by molar-refractivity contribution is 8.06. The maximum Gasteiger partial charge on any atom is 0.353 e. The third-order valence-corrected chi connectivity index (χ3v) is 10.1. The number of anilines is 1. The van der Waals surface area contributed by atoms with Gasteiger partial charge in [-0.2, -0.15) is 11.8 Å². The van der Waals surface area contributed by atoms with Crippen LogP contribution in [-0.4, -0.2) is 84.1 Å². The molecule has 0 aliphatic carbocycles. The molecule has 14 nitrogen and oxygen atoms in total. The third-order valence-electron chi connectivity index (χ3n) is 5.41. The van der Waals surface area contributed by atoms with Crippen molar-refractivity contribution in [1.82, 2.24) is 20.2 Å². The molecule has 0 saturated carbocycles. The number of guanidine groups is 1. The number of thiazole rings is 1. The second kappa shape index (κ2) is 13.0. The van der Waals surface area contributed by atoms with Gasteiger partial charge < -0.3 is 32.8 Å². The number of halogens is 1. The molecule has 0 bridgehead atoms. The fraction of sp³-hybridized carbons (Fsp3) is 0.286. The van der Waals surface area contributed by atoms with E-state index >= 15 is 0 Å². The number of hydrogen-bond acceptors (Lipinski definition) is 13. The lowest BCUT2D eigenvalue weighted by atomic mass is 10.0. The van der Waals surface area contributed by atoms with Gasteiger partial charge in [-0.25, -0.2) is 9.78 Å². The minimum atomic E-state index is -1.27. The van der Waals surface area contributed by atoms with E-state index < -0.39 is 34.9 Å². The summed E-state index contributed by atoms with van der Waals surface area (Å²) in [5.74, 6) is -1.29. The van der Waals surface area contributed by atoms with E-state index in [4.69, 9.17) is 28.8 Å². The second-order valence-electron chi connectivity index (χ2n) is 7.97. The van der Waals surface area contributed by atoms with E-state index in [1.807, 2.05) is 6.07 Å². The van der Waals surface area contributed by atoms with Gasteiger partial charge in [-0.3, -0.25) is 24.5 Å². The van der Waals surface area contributed by atoms with E-state index in [2.05, 4.69) is 25.4 Å². The molecular weight excluding hydrogens is 622 g/mol. The number of carboxylic acids is 1. The van der Waals surface area contributed by atoms with Gasteiger partial charge in [-0.05, 0) is 12.1 Å².